The molecule has 1 aliphatic heterocycles. The third-order valence-corrected chi connectivity index (χ3v) is 4.06. The summed E-state index contributed by atoms with van der Waals surface area (Å²) in [6.07, 6.45) is 2.54. The molecule has 1 aromatic rings. The number of anilines is 1. The van der Waals surface area contributed by atoms with Crippen molar-refractivity contribution in [3.8, 4) is 0 Å². The number of hydrogen-bond donors (Lipinski definition) is 0. The van der Waals surface area contributed by atoms with Crippen molar-refractivity contribution in [2.45, 2.75) is 52.9 Å². The van der Waals surface area contributed by atoms with Crippen LogP contribution < -0.4 is 4.90 Å². The standard InChI is InChI=1S/C15H24ClN3/c1-10-7-6-8-19(9-10)13-11(2)12(16)17-14(18-13)15(3,4)5/h10H,6-9H2,1-5H3. The van der Waals surface area contributed by atoms with Crippen LogP contribution in [0.1, 0.15) is 51.9 Å². The van der Waals surface area contributed by atoms with Gasteiger partial charge in [0.05, 0.1) is 0 Å². The van der Waals surface area contributed by atoms with Gasteiger partial charge in [0, 0.05) is 24.1 Å². The number of nitrogens with zero attached hydrogens (tertiary/aromatic N) is 3. The molecule has 19 heavy (non-hydrogen) atoms. The summed E-state index contributed by atoms with van der Waals surface area (Å²) >= 11 is 6.30. The van der Waals surface area contributed by atoms with Crippen LogP contribution in [0.2, 0.25) is 5.15 Å². The Balaban J connectivity index is 2.41. The minimum Gasteiger partial charge on any atom is -0.356 e. The molecule has 0 saturated carbocycles. The lowest BCUT2D eigenvalue weighted by molar-refractivity contribution is 0.442. The molecule has 1 fully saturated rings. The van der Waals surface area contributed by atoms with Crippen LogP contribution >= 0.6 is 11.6 Å². The zero-order chi connectivity index (χ0) is 14.2. The van der Waals surface area contributed by atoms with Gasteiger partial charge >= 0.3 is 0 Å². The molecule has 0 N–H and O–H groups in total. The van der Waals surface area contributed by atoms with E-state index in [0.717, 1.165) is 36.2 Å². The van der Waals surface area contributed by atoms with E-state index in [-0.39, 0.29) is 5.41 Å². The second kappa shape index (κ2) is 5.28. The van der Waals surface area contributed by atoms with Crippen molar-refractivity contribution >= 4 is 17.4 Å². The Labute approximate surface area is 121 Å². The molecule has 2 rings (SSSR count). The Hall–Kier alpha value is -0.830. The zero-order valence-corrected chi connectivity index (χ0v) is 13.4. The number of rotatable bonds is 1. The van der Waals surface area contributed by atoms with E-state index < -0.39 is 0 Å². The van der Waals surface area contributed by atoms with Crippen molar-refractivity contribution in [2.24, 2.45) is 5.92 Å². The number of hydrogen-bond acceptors (Lipinski definition) is 3. The fraction of sp³-hybridized carbons (Fsp3) is 0.733. The van der Waals surface area contributed by atoms with Crippen LogP contribution in [0.3, 0.4) is 0 Å². The predicted molar refractivity (Wildman–Crippen MR) is 81.1 cm³/mol. The van der Waals surface area contributed by atoms with Crippen molar-refractivity contribution in [3.05, 3.63) is 16.5 Å². The molecule has 4 heteroatoms. The van der Waals surface area contributed by atoms with E-state index in [0.29, 0.717) is 5.15 Å². The van der Waals surface area contributed by atoms with Gasteiger partial charge in [0.2, 0.25) is 0 Å². The topological polar surface area (TPSA) is 29.0 Å². The van der Waals surface area contributed by atoms with Gasteiger partial charge in [0.15, 0.2) is 0 Å². The molecule has 106 valence electrons. The highest BCUT2D eigenvalue weighted by atomic mass is 35.5. The van der Waals surface area contributed by atoms with Crippen molar-refractivity contribution in [1.82, 2.24) is 9.97 Å². The highest BCUT2D eigenvalue weighted by Gasteiger charge is 2.25. The summed E-state index contributed by atoms with van der Waals surface area (Å²) in [6.45, 7) is 12.8. The Kier molecular flexibility index (Phi) is 4.05. The normalized spacial score (nSPS) is 20.7. The number of halogens is 1. The van der Waals surface area contributed by atoms with Gasteiger partial charge in [-0.2, -0.15) is 0 Å². The van der Waals surface area contributed by atoms with Gasteiger partial charge in [-0.15, -0.1) is 0 Å². The van der Waals surface area contributed by atoms with Crippen LogP contribution in [0.25, 0.3) is 0 Å². The molecule has 0 radical (unpaired) electrons. The molecule has 2 heterocycles. The second-order valence-electron chi connectivity index (χ2n) is 6.73. The molecular formula is C15H24ClN3. The van der Waals surface area contributed by atoms with E-state index in [9.17, 15) is 0 Å². The van der Waals surface area contributed by atoms with Crippen molar-refractivity contribution < 1.29 is 0 Å². The summed E-state index contributed by atoms with van der Waals surface area (Å²) in [6, 6.07) is 0. The Morgan fingerprint density at radius 2 is 1.95 bits per heavy atom. The van der Waals surface area contributed by atoms with Gasteiger partial charge in [-0.05, 0) is 25.7 Å². The first-order valence-corrected chi connectivity index (χ1v) is 7.46. The lowest BCUT2D eigenvalue weighted by Crippen LogP contribution is -2.36. The maximum absolute atomic E-state index is 6.30. The lowest BCUT2D eigenvalue weighted by atomic mass is 9.95. The van der Waals surface area contributed by atoms with Crippen LogP contribution in [0.4, 0.5) is 5.82 Å². The quantitative estimate of drug-likeness (QED) is 0.729. The fourth-order valence-corrected chi connectivity index (χ4v) is 2.67. The molecule has 1 saturated heterocycles. The highest BCUT2D eigenvalue weighted by Crippen LogP contribution is 2.30. The molecule has 1 atom stereocenters. The van der Waals surface area contributed by atoms with Crippen LogP contribution in [0, 0.1) is 12.8 Å². The van der Waals surface area contributed by atoms with E-state index in [4.69, 9.17) is 16.6 Å². The first-order valence-electron chi connectivity index (χ1n) is 7.08. The molecule has 3 nitrogen and oxygen atoms in total. The summed E-state index contributed by atoms with van der Waals surface area (Å²) < 4.78 is 0. The van der Waals surface area contributed by atoms with E-state index in [1.54, 1.807) is 0 Å². The van der Waals surface area contributed by atoms with Gasteiger partial charge in [-0.25, -0.2) is 9.97 Å². The van der Waals surface area contributed by atoms with E-state index in [1.807, 2.05) is 6.92 Å². The van der Waals surface area contributed by atoms with Gasteiger partial charge in [-0.1, -0.05) is 39.3 Å². The molecule has 0 amide bonds. The zero-order valence-electron chi connectivity index (χ0n) is 12.6. The summed E-state index contributed by atoms with van der Waals surface area (Å²) in [4.78, 5) is 11.6. The summed E-state index contributed by atoms with van der Waals surface area (Å²) in [5.41, 5.74) is 0.928. The van der Waals surface area contributed by atoms with Crippen LogP contribution in [-0.2, 0) is 5.41 Å². The SMILES string of the molecule is Cc1c(Cl)nc(C(C)(C)C)nc1N1CCCC(C)C1. The average Bonchev–Trinajstić information content (AvgIpc) is 2.31. The largest absolute Gasteiger partial charge is 0.356 e. The first kappa shape index (κ1) is 14.6. The van der Waals surface area contributed by atoms with Crippen LogP contribution in [0.15, 0.2) is 0 Å². The van der Waals surface area contributed by atoms with E-state index in [2.05, 4.69) is 37.6 Å². The molecule has 0 aromatic carbocycles. The molecule has 0 spiro atoms. The number of piperidine rings is 1. The molecule has 1 aliphatic rings. The van der Waals surface area contributed by atoms with Crippen LogP contribution in [-0.4, -0.2) is 23.1 Å². The Bertz CT molecular complexity index is 465. The molecule has 1 aromatic heterocycles. The third kappa shape index (κ3) is 3.19. The molecule has 1 unspecified atom stereocenters. The van der Waals surface area contributed by atoms with Gasteiger partial charge in [0.1, 0.15) is 16.8 Å². The van der Waals surface area contributed by atoms with Crippen molar-refractivity contribution in [2.75, 3.05) is 18.0 Å². The fourth-order valence-electron chi connectivity index (χ4n) is 2.50. The van der Waals surface area contributed by atoms with Gasteiger partial charge in [0.25, 0.3) is 0 Å². The predicted octanol–water partition coefficient (Wildman–Crippen LogP) is 3.97. The van der Waals surface area contributed by atoms with Crippen LogP contribution in [0.5, 0.6) is 0 Å². The third-order valence-electron chi connectivity index (χ3n) is 3.69. The Morgan fingerprint density at radius 3 is 2.53 bits per heavy atom. The highest BCUT2D eigenvalue weighted by molar-refractivity contribution is 6.30. The van der Waals surface area contributed by atoms with E-state index in [1.165, 1.54) is 12.8 Å². The van der Waals surface area contributed by atoms with Crippen molar-refractivity contribution in [1.29, 1.82) is 0 Å². The van der Waals surface area contributed by atoms with Crippen molar-refractivity contribution in [3.63, 3.8) is 0 Å². The maximum atomic E-state index is 6.30. The lowest BCUT2D eigenvalue weighted by Gasteiger charge is -2.33. The molecule has 0 bridgehead atoms. The summed E-state index contributed by atoms with van der Waals surface area (Å²) in [5.74, 6) is 2.58. The summed E-state index contributed by atoms with van der Waals surface area (Å²) in [5, 5.41) is 0.591. The average molecular weight is 282 g/mol. The minimum atomic E-state index is -0.0759. The smallest absolute Gasteiger partial charge is 0.137 e. The Morgan fingerprint density at radius 1 is 1.26 bits per heavy atom. The van der Waals surface area contributed by atoms with E-state index >= 15 is 0 Å². The molecular weight excluding hydrogens is 258 g/mol. The minimum absolute atomic E-state index is 0.0759. The monoisotopic (exact) mass is 281 g/mol. The first-order chi connectivity index (χ1) is 8.79. The van der Waals surface area contributed by atoms with Gasteiger partial charge < -0.3 is 4.90 Å². The maximum Gasteiger partial charge on any atom is 0.137 e. The number of aromatic nitrogens is 2. The second-order valence-corrected chi connectivity index (χ2v) is 7.09. The van der Waals surface area contributed by atoms with Gasteiger partial charge in [-0.3, -0.25) is 0 Å². The summed E-state index contributed by atoms with van der Waals surface area (Å²) in [7, 11) is 0. The molecule has 0 aliphatic carbocycles.